The Balaban J connectivity index is 1.55. The molecule has 2 aromatic rings. The Labute approximate surface area is 232 Å². The lowest BCUT2D eigenvalue weighted by atomic mass is 9.83. The van der Waals surface area contributed by atoms with Crippen molar-refractivity contribution in [3.8, 4) is 5.75 Å². The highest BCUT2D eigenvalue weighted by Gasteiger charge is 2.47. The van der Waals surface area contributed by atoms with Crippen LogP contribution < -0.4 is 4.74 Å². The number of oxazole rings is 1. The van der Waals surface area contributed by atoms with Crippen LogP contribution in [0.2, 0.25) is 0 Å². The van der Waals surface area contributed by atoms with E-state index in [-0.39, 0.29) is 24.4 Å². The number of hydrogen-bond acceptors (Lipinski definition) is 6. The van der Waals surface area contributed by atoms with E-state index in [1.54, 1.807) is 6.20 Å². The van der Waals surface area contributed by atoms with Gasteiger partial charge in [-0.2, -0.15) is 0 Å². The van der Waals surface area contributed by atoms with Crippen LogP contribution in [-0.2, 0) is 22.4 Å². The van der Waals surface area contributed by atoms with Crippen molar-refractivity contribution >= 4 is 11.9 Å². The fraction of sp³-hybridized carbons (Fsp3) is 0.633. The molecule has 2 aliphatic heterocycles. The molecule has 1 aromatic heterocycles. The molecule has 214 valence electrons. The van der Waals surface area contributed by atoms with Crippen molar-refractivity contribution in [1.29, 1.82) is 0 Å². The van der Waals surface area contributed by atoms with Gasteiger partial charge in [0.2, 0.25) is 5.91 Å². The molecule has 4 rings (SSSR count). The van der Waals surface area contributed by atoms with E-state index in [0.717, 1.165) is 66.7 Å². The predicted molar refractivity (Wildman–Crippen MR) is 149 cm³/mol. The van der Waals surface area contributed by atoms with Gasteiger partial charge in [-0.25, -0.2) is 4.98 Å². The normalized spacial score (nSPS) is 21.1. The number of aliphatic carboxylic acids is 1. The van der Waals surface area contributed by atoms with E-state index in [2.05, 4.69) is 44.0 Å². The molecular weight excluding hydrogens is 496 g/mol. The second kappa shape index (κ2) is 13.0. The van der Waals surface area contributed by atoms with Gasteiger partial charge in [0.05, 0.1) is 53.0 Å². The average Bonchev–Trinajstić information content (AvgIpc) is 3.63. The summed E-state index contributed by atoms with van der Waals surface area (Å²) in [4.78, 5) is 34.8. The minimum atomic E-state index is -0.824. The number of ether oxygens (including phenoxy) is 1. The summed E-state index contributed by atoms with van der Waals surface area (Å²) >= 11 is 0. The Morgan fingerprint density at radius 1 is 1.21 bits per heavy atom. The molecule has 0 aliphatic carbocycles. The number of rotatable bonds is 14. The van der Waals surface area contributed by atoms with Crippen LogP contribution in [0.1, 0.15) is 55.5 Å². The summed E-state index contributed by atoms with van der Waals surface area (Å²) in [5, 5.41) is 10.4. The highest BCUT2D eigenvalue weighted by molar-refractivity contribution is 5.79. The first-order valence-electron chi connectivity index (χ1n) is 14.4. The zero-order valence-corrected chi connectivity index (χ0v) is 24.0. The van der Waals surface area contributed by atoms with Crippen LogP contribution >= 0.6 is 0 Å². The lowest BCUT2D eigenvalue weighted by molar-refractivity contribution is -0.870. The van der Waals surface area contributed by atoms with Crippen LogP contribution in [0.15, 0.2) is 35.1 Å². The second-order valence-electron chi connectivity index (χ2n) is 12.0. The molecule has 9 heteroatoms. The third kappa shape index (κ3) is 7.60. The molecule has 1 N–H and O–H groups in total. The van der Waals surface area contributed by atoms with Crippen LogP contribution in [0.4, 0.5) is 0 Å². The summed E-state index contributed by atoms with van der Waals surface area (Å²) in [6.45, 7) is 5.99. The monoisotopic (exact) mass is 541 g/mol. The fourth-order valence-electron chi connectivity index (χ4n) is 6.00. The molecule has 1 fully saturated rings. The van der Waals surface area contributed by atoms with Gasteiger partial charge in [0.15, 0.2) is 5.89 Å². The van der Waals surface area contributed by atoms with Crippen molar-refractivity contribution < 1.29 is 28.3 Å². The first kappa shape index (κ1) is 29.1. The Hall–Kier alpha value is -2.91. The van der Waals surface area contributed by atoms with E-state index >= 15 is 0 Å². The molecule has 0 saturated carbocycles. The van der Waals surface area contributed by atoms with Gasteiger partial charge < -0.3 is 23.6 Å². The summed E-state index contributed by atoms with van der Waals surface area (Å²) in [5.41, 5.74) is 2.14. The van der Waals surface area contributed by atoms with Gasteiger partial charge in [0.25, 0.3) is 0 Å². The molecule has 9 nitrogen and oxygen atoms in total. The molecule has 0 radical (unpaired) electrons. The topological polar surface area (TPSA) is 96.1 Å². The maximum Gasteiger partial charge on any atom is 0.308 e. The molecule has 3 heterocycles. The number of benzene rings is 1. The van der Waals surface area contributed by atoms with Crippen LogP contribution in [0.25, 0.3) is 0 Å². The molecule has 0 unspecified atom stereocenters. The standard InChI is InChI=1S/C30H44N4O5/c1-5-6-14-32(15-7-16-34(2,3)4)28(35)21-33-20-24(22-8-10-26-23(19-22)12-17-38-26)29(30(36)37)25(33)9-11-27-31-13-18-39-27/h8,10,13,18-19,24-25,29H,5-7,9,11-12,14-17,20-21H2,1-4H3/p+1/t24-,25+,29-/m1/s1. The zero-order chi connectivity index (χ0) is 28.0. The quantitative estimate of drug-likeness (QED) is 0.366. The van der Waals surface area contributed by atoms with E-state index < -0.39 is 11.9 Å². The molecular formula is C30H45N4O5+. The molecule has 0 spiro atoms. The van der Waals surface area contributed by atoms with Crippen molar-refractivity contribution in [2.75, 3.05) is 60.5 Å². The summed E-state index contributed by atoms with van der Waals surface area (Å²) in [7, 11) is 6.49. The van der Waals surface area contributed by atoms with Gasteiger partial charge in [-0.3, -0.25) is 14.5 Å². The van der Waals surface area contributed by atoms with E-state index in [4.69, 9.17) is 9.15 Å². The Morgan fingerprint density at radius 2 is 2.00 bits per heavy atom. The minimum Gasteiger partial charge on any atom is -0.493 e. The SMILES string of the molecule is CCCCN(CCC[N+](C)(C)C)C(=O)CN1C[C@H](c2ccc3c(c2)CCO3)[C@@H](C(=O)O)[C@@H]1CCc1ncco1. The van der Waals surface area contributed by atoms with Crippen LogP contribution in [-0.4, -0.2) is 103 Å². The number of amides is 1. The first-order chi connectivity index (χ1) is 18.7. The Kier molecular flexibility index (Phi) is 9.67. The molecule has 3 atom stereocenters. The highest BCUT2D eigenvalue weighted by Crippen LogP contribution is 2.41. The lowest BCUT2D eigenvalue weighted by Crippen LogP contribution is -2.45. The van der Waals surface area contributed by atoms with Gasteiger partial charge in [0.1, 0.15) is 12.0 Å². The number of hydrogen-bond donors (Lipinski definition) is 1. The molecule has 2 aliphatic rings. The third-order valence-corrected chi connectivity index (χ3v) is 8.04. The summed E-state index contributed by atoms with van der Waals surface area (Å²) in [6, 6.07) is 5.77. The summed E-state index contributed by atoms with van der Waals surface area (Å²) in [6.07, 6.45) is 7.99. The number of nitrogens with zero attached hydrogens (tertiary/aromatic N) is 4. The summed E-state index contributed by atoms with van der Waals surface area (Å²) in [5.74, 6) is -0.105. The maximum absolute atomic E-state index is 13.7. The Bertz CT molecular complexity index is 1100. The van der Waals surface area contributed by atoms with Crippen molar-refractivity contribution in [2.24, 2.45) is 5.92 Å². The van der Waals surface area contributed by atoms with Gasteiger partial charge in [-0.1, -0.05) is 25.5 Å². The van der Waals surface area contributed by atoms with E-state index in [1.807, 2.05) is 17.0 Å². The number of carbonyl (C=O) groups excluding carboxylic acids is 1. The van der Waals surface area contributed by atoms with Gasteiger partial charge >= 0.3 is 5.97 Å². The number of likely N-dealkylation sites (tertiary alicyclic amines) is 1. The number of carboxylic acid groups (broad SMARTS) is 1. The van der Waals surface area contributed by atoms with Crippen LogP contribution in [0.3, 0.4) is 0 Å². The van der Waals surface area contributed by atoms with E-state index in [1.165, 1.54) is 6.26 Å². The second-order valence-corrected chi connectivity index (χ2v) is 12.0. The van der Waals surface area contributed by atoms with Crippen molar-refractivity contribution in [3.63, 3.8) is 0 Å². The Morgan fingerprint density at radius 3 is 2.69 bits per heavy atom. The van der Waals surface area contributed by atoms with Crippen molar-refractivity contribution in [2.45, 2.75) is 57.4 Å². The van der Waals surface area contributed by atoms with E-state index in [0.29, 0.717) is 31.9 Å². The number of unbranched alkanes of at least 4 members (excludes halogenated alkanes) is 1. The molecule has 1 aromatic carbocycles. The molecule has 0 bridgehead atoms. The minimum absolute atomic E-state index is 0.0816. The third-order valence-electron chi connectivity index (χ3n) is 8.04. The van der Waals surface area contributed by atoms with E-state index in [9.17, 15) is 14.7 Å². The average molecular weight is 542 g/mol. The highest BCUT2D eigenvalue weighted by atomic mass is 16.5. The molecule has 1 amide bonds. The number of carboxylic acids is 1. The van der Waals surface area contributed by atoms with Crippen LogP contribution in [0, 0.1) is 5.92 Å². The van der Waals surface area contributed by atoms with Gasteiger partial charge in [-0.05, 0) is 30.0 Å². The largest absolute Gasteiger partial charge is 0.493 e. The lowest BCUT2D eigenvalue weighted by Gasteiger charge is -2.30. The molecule has 39 heavy (non-hydrogen) atoms. The number of quaternary nitrogens is 1. The summed E-state index contributed by atoms with van der Waals surface area (Å²) < 4.78 is 12.0. The van der Waals surface area contributed by atoms with Gasteiger partial charge in [0, 0.05) is 50.9 Å². The zero-order valence-electron chi connectivity index (χ0n) is 24.0. The van der Waals surface area contributed by atoms with Crippen molar-refractivity contribution in [3.05, 3.63) is 47.7 Å². The number of aryl methyl sites for hydroxylation is 1. The fourth-order valence-corrected chi connectivity index (χ4v) is 6.00. The number of fused-ring (bicyclic) bond motifs is 1. The van der Waals surface area contributed by atoms with Crippen molar-refractivity contribution in [1.82, 2.24) is 14.8 Å². The molecule has 1 saturated heterocycles. The van der Waals surface area contributed by atoms with Gasteiger partial charge in [-0.15, -0.1) is 0 Å². The smallest absolute Gasteiger partial charge is 0.308 e. The number of carbonyl (C=O) groups is 2. The van der Waals surface area contributed by atoms with Crippen LogP contribution in [0.5, 0.6) is 5.75 Å². The first-order valence-corrected chi connectivity index (χ1v) is 14.4. The maximum atomic E-state index is 13.7. The number of aromatic nitrogens is 1. The predicted octanol–water partition coefficient (Wildman–Crippen LogP) is 3.44.